The number of hydrogen-bond acceptors (Lipinski definition) is 13. The maximum absolute atomic E-state index is 10.9. The number of benzene rings is 1. The van der Waals surface area contributed by atoms with E-state index in [1.165, 1.54) is 24.3 Å². The summed E-state index contributed by atoms with van der Waals surface area (Å²) in [7, 11) is 0. The van der Waals surface area contributed by atoms with Gasteiger partial charge in [0.1, 0.15) is 48.8 Å². The first-order valence-corrected chi connectivity index (χ1v) is 9.77. The van der Waals surface area contributed by atoms with Crippen molar-refractivity contribution >= 4 is 11.4 Å². The average Bonchev–Trinajstić information content (AvgIpc) is 2.78. The summed E-state index contributed by atoms with van der Waals surface area (Å²) in [5.41, 5.74) is -0.0103. The van der Waals surface area contributed by atoms with Crippen LogP contribution in [0.25, 0.3) is 0 Å². The van der Waals surface area contributed by atoms with Crippen LogP contribution in [-0.4, -0.2) is 115 Å². The predicted octanol–water partition coefficient (Wildman–Crippen LogP) is -3.37. The molecule has 1 aromatic rings. The van der Waals surface area contributed by atoms with Crippen LogP contribution in [0.2, 0.25) is 0 Å². The second kappa shape index (κ2) is 10.3. The highest BCUT2D eigenvalue weighted by Crippen LogP contribution is 2.30. The Kier molecular flexibility index (Phi) is 7.94. The summed E-state index contributed by atoms with van der Waals surface area (Å²) in [6.07, 6.45) is -15.3. The van der Waals surface area contributed by atoms with Gasteiger partial charge in [-0.3, -0.25) is 10.1 Å². The Morgan fingerprint density at radius 3 is 2.25 bits per heavy atom. The zero-order chi connectivity index (χ0) is 23.6. The van der Waals surface area contributed by atoms with Crippen molar-refractivity contribution in [1.82, 2.24) is 0 Å². The molecule has 0 radical (unpaired) electrons. The van der Waals surface area contributed by atoms with Crippen molar-refractivity contribution < 1.29 is 54.9 Å². The second-order valence-electron chi connectivity index (χ2n) is 7.51. The Morgan fingerprint density at radius 2 is 1.62 bits per heavy atom. The highest BCUT2D eigenvalue weighted by Gasteiger charge is 2.50. The molecule has 2 aliphatic rings. The van der Waals surface area contributed by atoms with E-state index in [-0.39, 0.29) is 11.4 Å². The average molecular weight is 462 g/mol. The minimum Gasteiger partial charge on any atom is -0.394 e. The number of nitro benzene ring substituents is 1. The summed E-state index contributed by atoms with van der Waals surface area (Å²) < 4.78 is 16.2. The molecule has 2 aliphatic heterocycles. The van der Waals surface area contributed by atoms with E-state index >= 15 is 0 Å². The summed E-state index contributed by atoms with van der Waals surface area (Å²) in [6, 6.07) is 5.33. The highest BCUT2D eigenvalue weighted by molar-refractivity contribution is 5.51. The van der Waals surface area contributed by atoms with Crippen molar-refractivity contribution in [2.24, 2.45) is 0 Å². The summed E-state index contributed by atoms with van der Waals surface area (Å²) in [5, 5.41) is 83.5. The lowest BCUT2D eigenvalue weighted by Crippen LogP contribution is -2.65. The van der Waals surface area contributed by atoms with Crippen molar-refractivity contribution in [2.75, 3.05) is 18.5 Å². The van der Waals surface area contributed by atoms with Crippen LogP contribution in [0.15, 0.2) is 24.3 Å². The molecule has 2 fully saturated rings. The topological polar surface area (TPSA) is 224 Å². The maximum atomic E-state index is 10.9. The van der Waals surface area contributed by atoms with Crippen LogP contribution < -0.4 is 5.32 Å². The third-order valence-electron chi connectivity index (χ3n) is 5.37. The predicted molar refractivity (Wildman–Crippen MR) is 103 cm³/mol. The van der Waals surface area contributed by atoms with E-state index in [4.69, 9.17) is 14.2 Å². The van der Waals surface area contributed by atoms with E-state index in [0.29, 0.717) is 0 Å². The van der Waals surface area contributed by atoms with Gasteiger partial charge in [-0.25, -0.2) is 0 Å². The van der Waals surface area contributed by atoms with Crippen LogP contribution in [0, 0.1) is 10.1 Å². The largest absolute Gasteiger partial charge is 0.394 e. The van der Waals surface area contributed by atoms with Gasteiger partial charge in [-0.05, 0) is 6.07 Å². The molecule has 0 aromatic heterocycles. The number of nitro groups is 1. The fraction of sp³-hybridized carbons (Fsp3) is 0.667. The van der Waals surface area contributed by atoms with Gasteiger partial charge in [0, 0.05) is 17.8 Å². The molecular weight excluding hydrogens is 436 g/mol. The molecule has 10 unspecified atom stereocenters. The molecular formula is C18H26N2O12. The van der Waals surface area contributed by atoms with Crippen LogP contribution in [0.4, 0.5) is 11.4 Å². The van der Waals surface area contributed by atoms with Crippen LogP contribution in [0.3, 0.4) is 0 Å². The van der Waals surface area contributed by atoms with Crippen molar-refractivity contribution in [3.8, 4) is 0 Å². The first-order chi connectivity index (χ1) is 15.2. The lowest BCUT2D eigenvalue weighted by atomic mass is 9.96. The third-order valence-corrected chi connectivity index (χ3v) is 5.37. The number of nitrogens with one attached hydrogen (secondary N) is 1. The van der Waals surface area contributed by atoms with E-state index < -0.39 is 79.5 Å². The first-order valence-electron chi connectivity index (χ1n) is 9.77. The van der Waals surface area contributed by atoms with Crippen LogP contribution >= 0.6 is 0 Å². The van der Waals surface area contributed by atoms with Gasteiger partial charge in [0.15, 0.2) is 12.5 Å². The molecule has 0 amide bonds. The number of hydrogen-bond donors (Lipinski definition) is 8. The van der Waals surface area contributed by atoms with Crippen LogP contribution in [0.5, 0.6) is 0 Å². The number of aliphatic hydroxyl groups is 7. The molecule has 0 aliphatic carbocycles. The molecule has 0 saturated carbocycles. The molecule has 1 aromatic carbocycles. The highest BCUT2D eigenvalue weighted by atomic mass is 16.7. The summed E-state index contributed by atoms with van der Waals surface area (Å²) >= 11 is 0. The zero-order valence-electron chi connectivity index (χ0n) is 16.6. The maximum Gasteiger partial charge on any atom is 0.271 e. The molecule has 3 rings (SSSR count). The van der Waals surface area contributed by atoms with Gasteiger partial charge < -0.3 is 55.3 Å². The molecule has 0 spiro atoms. The molecule has 2 heterocycles. The minimum absolute atomic E-state index is 0.209. The molecule has 10 atom stereocenters. The van der Waals surface area contributed by atoms with E-state index in [9.17, 15) is 45.9 Å². The van der Waals surface area contributed by atoms with Gasteiger partial charge in [0.2, 0.25) is 0 Å². The number of anilines is 1. The Labute approximate surface area is 181 Å². The van der Waals surface area contributed by atoms with E-state index in [0.717, 1.165) is 0 Å². The van der Waals surface area contributed by atoms with Gasteiger partial charge in [-0.1, -0.05) is 6.07 Å². The van der Waals surface area contributed by atoms with E-state index in [1.807, 2.05) is 0 Å². The molecule has 2 saturated heterocycles. The summed E-state index contributed by atoms with van der Waals surface area (Å²) in [5.74, 6) is 0. The van der Waals surface area contributed by atoms with Gasteiger partial charge >= 0.3 is 0 Å². The van der Waals surface area contributed by atoms with Crippen molar-refractivity contribution in [1.29, 1.82) is 0 Å². The fourth-order valence-electron chi connectivity index (χ4n) is 3.58. The van der Waals surface area contributed by atoms with Gasteiger partial charge in [0.25, 0.3) is 5.69 Å². The third kappa shape index (κ3) is 4.99. The van der Waals surface area contributed by atoms with Gasteiger partial charge in [-0.2, -0.15) is 0 Å². The molecule has 0 bridgehead atoms. The smallest absolute Gasteiger partial charge is 0.271 e. The summed E-state index contributed by atoms with van der Waals surface area (Å²) in [6.45, 7) is -1.39. The fourth-order valence-corrected chi connectivity index (χ4v) is 3.58. The van der Waals surface area contributed by atoms with Crippen molar-refractivity contribution in [3.63, 3.8) is 0 Å². The van der Waals surface area contributed by atoms with Gasteiger partial charge in [-0.15, -0.1) is 0 Å². The molecule has 8 N–H and O–H groups in total. The number of aliphatic hydroxyl groups excluding tert-OH is 7. The van der Waals surface area contributed by atoms with Gasteiger partial charge in [0.05, 0.1) is 18.1 Å². The first kappa shape index (κ1) is 24.7. The monoisotopic (exact) mass is 462 g/mol. The Morgan fingerprint density at radius 1 is 0.938 bits per heavy atom. The minimum atomic E-state index is -1.77. The SMILES string of the molecule is O=[N+]([O-])c1cccc(NC2OC(CO)C(OC3OC(CO)C(O)C(O)C3O)C(O)C2O)c1. The Bertz CT molecular complexity index is 780. The molecule has 32 heavy (non-hydrogen) atoms. The second-order valence-corrected chi connectivity index (χ2v) is 7.51. The van der Waals surface area contributed by atoms with Crippen LogP contribution in [0.1, 0.15) is 0 Å². The standard InChI is InChI=1S/C18H26N2O12/c21-5-9-11(23)12(24)15(27)18(31-9)32-16-10(6-22)30-17(14(26)13(16)25)19-7-2-1-3-8(4-7)20(28)29/h1-4,9-19,21-27H,5-6H2. The molecule has 14 heteroatoms. The summed E-state index contributed by atoms with van der Waals surface area (Å²) in [4.78, 5) is 10.3. The normalized spacial score (nSPS) is 40.1. The lowest BCUT2D eigenvalue weighted by Gasteiger charge is -2.46. The van der Waals surface area contributed by atoms with Crippen molar-refractivity contribution in [3.05, 3.63) is 34.4 Å². The number of nitrogens with zero attached hydrogens (tertiary/aromatic N) is 1. The number of ether oxygens (including phenoxy) is 3. The van der Waals surface area contributed by atoms with Crippen molar-refractivity contribution in [2.45, 2.75) is 61.3 Å². The lowest BCUT2D eigenvalue weighted by molar-refractivity contribution is -0.384. The molecule has 14 nitrogen and oxygen atoms in total. The Balaban J connectivity index is 1.72. The number of rotatable bonds is 7. The quantitative estimate of drug-likeness (QED) is 0.146. The van der Waals surface area contributed by atoms with E-state index in [1.54, 1.807) is 0 Å². The van der Waals surface area contributed by atoms with E-state index in [2.05, 4.69) is 5.32 Å². The number of non-ortho nitro benzene ring substituents is 1. The molecule has 180 valence electrons. The zero-order valence-corrected chi connectivity index (χ0v) is 16.6. The van der Waals surface area contributed by atoms with Crippen LogP contribution in [-0.2, 0) is 14.2 Å². The Hall–Kier alpha value is -1.98.